The van der Waals surface area contributed by atoms with Gasteiger partial charge in [-0.15, -0.1) is 6.42 Å². The Bertz CT molecular complexity index is 354. The van der Waals surface area contributed by atoms with Crippen LogP contribution in [0.3, 0.4) is 0 Å². The Morgan fingerprint density at radius 3 is 2.27 bits per heavy atom. The third-order valence-corrected chi connectivity index (χ3v) is 3.04. The van der Waals surface area contributed by atoms with Gasteiger partial charge in [0, 0.05) is 5.54 Å². The van der Waals surface area contributed by atoms with Crippen LogP contribution in [-0.4, -0.2) is 18.5 Å². The fourth-order valence-electron chi connectivity index (χ4n) is 1.52. The highest BCUT2D eigenvalue weighted by atomic mass is 15.2. The van der Waals surface area contributed by atoms with E-state index in [-0.39, 0.29) is 5.54 Å². The van der Waals surface area contributed by atoms with E-state index in [1.807, 2.05) is 0 Å². The van der Waals surface area contributed by atoms with Gasteiger partial charge in [-0.25, -0.2) is 0 Å². The highest BCUT2D eigenvalue weighted by molar-refractivity contribution is 5.27. The minimum atomic E-state index is -0.0138. The van der Waals surface area contributed by atoms with Crippen LogP contribution in [0.5, 0.6) is 0 Å². The monoisotopic (exact) mass is 201 g/mol. The molecule has 1 heteroatoms. The molecule has 0 radical (unpaired) electrons. The van der Waals surface area contributed by atoms with Crippen molar-refractivity contribution in [2.45, 2.75) is 26.3 Å². The SMILES string of the molecule is C#CCN(C)C(C)(C)c1ccc(C)cc1. The summed E-state index contributed by atoms with van der Waals surface area (Å²) >= 11 is 0. The number of hydrogen-bond acceptors (Lipinski definition) is 1. The van der Waals surface area contributed by atoms with E-state index in [1.54, 1.807) is 0 Å². The average Bonchev–Trinajstić information content (AvgIpc) is 2.18. The van der Waals surface area contributed by atoms with E-state index in [2.05, 4.69) is 62.9 Å². The lowest BCUT2D eigenvalue weighted by atomic mass is 9.92. The van der Waals surface area contributed by atoms with Gasteiger partial charge in [0.2, 0.25) is 0 Å². The molecule has 80 valence electrons. The summed E-state index contributed by atoms with van der Waals surface area (Å²) in [6.45, 7) is 7.15. The molecule has 1 rings (SSSR count). The molecule has 0 aliphatic heterocycles. The minimum absolute atomic E-state index is 0.0138. The van der Waals surface area contributed by atoms with Crippen LogP contribution in [0.25, 0.3) is 0 Å². The number of benzene rings is 1. The van der Waals surface area contributed by atoms with Gasteiger partial charge >= 0.3 is 0 Å². The molecule has 0 bridgehead atoms. The largest absolute Gasteiger partial charge is 0.286 e. The van der Waals surface area contributed by atoms with E-state index in [0.29, 0.717) is 6.54 Å². The molecule has 0 amide bonds. The van der Waals surface area contributed by atoms with Crippen LogP contribution in [0, 0.1) is 19.3 Å². The lowest BCUT2D eigenvalue weighted by Gasteiger charge is -2.35. The molecule has 1 aromatic rings. The number of terminal acetylenes is 1. The van der Waals surface area contributed by atoms with E-state index in [4.69, 9.17) is 6.42 Å². The summed E-state index contributed by atoms with van der Waals surface area (Å²) in [5.74, 6) is 2.68. The van der Waals surface area contributed by atoms with Crippen molar-refractivity contribution in [1.82, 2.24) is 4.90 Å². The van der Waals surface area contributed by atoms with Gasteiger partial charge in [-0.05, 0) is 33.4 Å². The lowest BCUT2D eigenvalue weighted by Crippen LogP contribution is -2.38. The van der Waals surface area contributed by atoms with Crippen molar-refractivity contribution in [3.63, 3.8) is 0 Å². The molecule has 0 aliphatic carbocycles. The average molecular weight is 201 g/mol. The van der Waals surface area contributed by atoms with Gasteiger partial charge in [0.25, 0.3) is 0 Å². The van der Waals surface area contributed by atoms with Crippen LogP contribution < -0.4 is 0 Å². The van der Waals surface area contributed by atoms with E-state index < -0.39 is 0 Å². The number of aryl methyl sites for hydroxylation is 1. The van der Waals surface area contributed by atoms with Gasteiger partial charge in [0.1, 0.15) is 0 Å². The zero-order valence-electron chi connectivity index (χ0n) is 10.0. The molecular formula is C14H19N. The molecule has 0 N–H and O–H groups in total. The van der Waals surface area contributed by atoms with E-state index >= 15 is 0 Å². The first-order valence-corrected chi connectivity index (χ1v) is 5.20. The second-order valence-corrected chi connectivity index (χ2v) is 4.49. The van der Waals surface area contributed by atoms with Gasteiger partial charge in [0.15, 0.2) is 0 Å². The fraction of sp³-hybridized carbons (Fsp3) is 0.429. The molecule has 15 heavy (non-hydrogen) atoms. The van der Waals surface area contributed by atoms with Crippen LogP contribution in [-0.2, 0) is 5.54 Å². The molecule has 0 saturated carbocycles. The highest BCUT2D eigenvalue weighted by Gasteiger charge is 2.24. The molecule has 0 saturated heterocycles. The van der Waals surface area contributed by atoms with Crippen molar-refractivity contribution in [1.29, 1.82) is 0 Å². The summed E-state index contributed by atoms with van der Waals surface area (Å²) in [5, 5.41) is 0. The second kappa shape index (κ2) is 4.51. The van der Waals surface area contributed by atoms with E-state index in [1.165, 1.54) is 11.1 Å². The Labute approximate surface area is 93.1 Å². The Kier molecular flexibility index (Phi) is 3.55. The zero-order valence-corrected chi connectivity index (χ0v) is 10.0. The molecule has 0 spiro atoms. The standard InChI is InChI=1S/C14H19N/c1-6-11-15(5)14(3,4)13-9-7-12(2)8-10-13/h1,7-10H,11H2,2-5H3. The molecule has 0 fully saturated rings. The van der Waals surface area contributed by atoms with Gasteiger partial charge in [-0.2, -0.15) is 0 Å². The lowest BCUT2D eigenvalue weighted by molar-refractivity contribution is 0.178. The second-order valence-electron chi connectivity index (χ2n) is 4.49. The van der Waals surface area contributed by atoms with Crippen LogP contribution in [0.2, 0.25) is 0 Å². The van der Waals surface area contributed by atoms with Crippen molar-refractivity contribution in [2.24, 2.45) is 0 Å². The molecular weight excluding hydrogens is 182 g/mol. The first kappa shape index (κ1) is 11.8. The van der Waals surface area contributed by atoms with Crippen LogP contribution in [0.4, 0.5) is 0 Å². The molecule has 1 nitrogen and oxygen atoms in total. The van der Waals surface area contributed by atoms with Gasteiger partial charge in [-0.3, -0.25) is 4.90 Å². The summed E-state index contributed by atoms with van der Waals surface area (Å²) in [5.41, 5.74) is 2.57. The van der Waals surface area contributed by atoms with Crippen molar-refractivity contribution >= 4 is 0 Å². The predicted octanol–water partition coefficient (Wildman–Crippen LogP) is 2.80. The van der Waals surface area contributed by atoms with Crippen molar-refractivity contribution in [3.8, 4) is 12.3 Å². The molecule has 0 unspecified atom stereocenters. The summed E-state index contributed by atoms with van der Waals surface area (Å²) < 4.78 is 0. The quantitative estimate of drug-likeness (QED) is 0.680. The molecule has 0 aliphatic rings. The maximum atomic E-state index is 5.34. The third kappa shape index (κ3) is 2.61. The number of hydrogen-bond donors (Lipinski definition) is 0. The summed E-state index contributed by atoms with van der Waals surface area (Å²) in [4.78, 5) is 2.18. The van der Waals surface area contributed by atoms with Gasteiger partial charge < -0.3 is 0 Å². The van der Waals surface area contributed by atoms with Crippen molar-refractivity contribution in [2.75, 3.05) is 13.6 Å². The van der Waals surface area contributed by atoms with Gasteiger partial charge in [0.05, 0.1) is 6.54 Å². The van der Waals surface area contributed by atoms with Crippen LogP contribution in [0.15, 0.2) is 24.3 Å². The molecule has 0 aromatic heterocycles. The smallest absolute Gasteiger partial charge is 0.0603 e. The molecule has 1 aromatic carbocycles. The Hall–Kier alpha value is -1.26. The zero-order chi connectivity index (χ0) is 11.5. The van der Waals surface area contributed by atoms with E-state index in [9.17, 15) is 0 Å². The van der Waals surface area contributed by atoms with Crippen molar-refractivity contribution in [3.05, 3.63) is 35.4 Å². The highest BCUT2D eigenvalue weighted by Crippen LogP contribution is 2.26. The summed E-state index contributed by atoms with van der Waals surface area (Å²) in [6, 6.07) is 8.62. The minimum Gasteiger partial charge on any atom is -0.286 e. The Balaban J connectivity index is 2.95. The molecule has 0 atom stereocenters. The van der Waals surface area contributed by atoms with Crippen LogP contribution >= 0.6 is 0 Å². The Morgan fingerprint density at radius 1 is 1.27 bits per heavy atom. The third-order valence-electron chi connectivity index (χ3n) is 3.04. The topological polar surface area (TPSA) is 3.24 Å². The molecule has 0 heterocycles. The van der Waals surface area contributed by atoms with Crippen LogP contribution in [0.1, 0.15) is 25.0 Å². The fourth-order valence-corrected chi connectivity index (χ4v) is 1.52. The Morgan fingerprint density at radius 2 is 1.80 bits per heavy atom. The summed E-state index contributed by atoms with van der Waals surface area (Å²) in [7, 11) is 2.06. The first-order chi connectivity index (χ1) is 6.98. The maximum Gasteiger partial charge on any atom is 0.0603 e. The predicted molar refractivity (Wildman–Crippen MR) is 65.7 cm³/mol. The van der Waals surface area contributed by atoms with Gasteiger partial charge in [-0.1, -0.05) is 35.7 Å². The van der Waals surface area contributed by atoms with E-state index in [0.717, 1.165) is 0 Å². The maximum absolute atomic E-state index is 5.34. The summed E-state index contributed by atoms with van der Waals surface area (Å²) in [6.07, 6.45) is 5.34. The number of nitrogens with zero attached hydrogens (tertiary/aromatic N) is 1. The number of rotatable bonds is 3. The normalized spacial score (nSPS) is 11.5. The first-order valence-electron chi connectivity index (χ1n) is 5.20. The van der Waals surface area contributed by atoms with Crippen molar-refractivity contribution < 1.29 is 0 Å².